The fraction of sp³-hybridized carbons (Fsp3) is 1.00. The second kappa shape index (κ2) is 31.3. The number of methoxy groups -OCH3 is 1. The Morgan fingerprint density at radius 3 is 1.67 bits per heavy atom. The van der Waals surface area contributed by atoms with E-state index in [2.05, 4.69) is 12.2 Å². The van der Waals surface area contributed by atoms with Crippen LogP contribution in [0.4, 0.5) is 0 Å². The van der Waals surface area contributed by atoms with Crippen LogP contribution in [0.2, 0.25) is 0 Å². The molecule has 0 spiro atoms. The fourth-order valence-corrected chi connectivity index (χ4v) is 6.37. The molecule has 0 aliphatic carbocycles. The molecule has 0 aromatic rings. The van der Waals surface area contributed by atoms with Crippen LogP contribution >= 0.6 is 0 Å². The summed E-state index contributed by atoms with van der Waals surface area (Å²) in [5.41, 5.74) is 11.6. The van der Waals surface area contributed by atoms with Gasteiger partial charge in [0.05, 0.1) is 13.2 Å². The van der Waals surface area contributed by atoms with Crippen molar-refractivity contribution in [2.45, 2.75) is 197 Å². The molecule has 1 aliphatic rings. The predicted molar refractivity (Wildman–Crippen MR) is 196 cm³/mol. The Hall–Kier alpha value is -0.400. The first-order valence-corrected chi connectivity index (χ1v) is 20.1. The van der Waals surface area contributed by atoms with Crippen molar-refractivity contribution in [1.82, 2.24) is 5.32 Å². The molecule has 0 bridgehead atoms. The highest BCUT2D eigenvalue weighted by molar-refractivity contribution is 4.95. The molecule has 1 rings (SSSR count). The molecule has 10 nitrogen and oxygen atoms in total. The molecular weight excluding hydrogens is 610 g/mol. The molecular formula is C38H79N3O7. The molecule has 0 aromatic carbocycles. The van der Waals surface area contributed by atoms with E-state index in [-0.39, 0.29) is 13.2 Å². The Balaban J connectivity index is 2.14. The maximum absolute atomic E-state index is 11.1. The number of ether oxygens (including phenoxy) is 4. The SMILES string of the molecule is CCCCCCCCCCCCCCCCOC[C@H](COC1(O)O[C@H](CNCCCCCCCCCCCCN)[C@@H](O)[C@H](O)[C@H]1N)OC. The molecule has 1 aliphatic heterocycles. The molecule has 6 atom stereocenters. The summed E-state index contributed by atoms with van der Waals surface area (Å²) >= 11 is 0. The summed E-state index contributed by atoms with van der Waals surface area (Å²) in [4.78, 5) is 0. The number of nitrogens with one attached hydrogen (secondary N) is 1. The topological polar surface area (TPSA) is 162 Å². The lowest BCUT2D eigenvalue weighted by Gasteiger charge is -2.46. The summed E-state index contributed by atoms with van der Waals surface area (Å²) in [6.07, 6.45) is 26.6. The van der Waals surface area contributed by atoms with Crippen molar-refractivity contribution in [3.8, 4) is 0 Å². The van der Waals surface area contributed by atoms with Gasteiger partial charge in [0, 0.05) is 20.3 Å². The van der Waals surface area contributed by atoms with E-state index < -0.39 is 36.4 Å². The molecule has 0 aromatic heterocycles. The van der Waals surface area contributed by atoms with Crippen LogP contribution in [0.25, 0.3) is 0 Å². The second-order valence-corrected chi connectivity index (χ2v) is 14.2. The van der Waals surface area contributed by atoms with Crippen molar-refractivity contribution >= 4 is 0 Å². The van der Waals surface area contributed by atoms with Crippen LogP contribution in [-0.4, -0.2) is 98.3 Å². The van der Waals surface area contributed by atoms with Gasteiger partial charge in [0.15, 0.2) is 0 Å². The minimum Gasteiger partial charge on any atom is -0.388 e. The average Bonchev–Trinajstić information content (AvgIpc) is 3.09. The van der Waals surface area contributed by atoms with Crippen LogP contribution in [0.5, 0.6) is 0 Å². The van der Waals surface area contributed by atoms with Gasteiger partial charge in [0.2, 0.25) is 0 Å². The molecule has 1 unspecified atom stereocenters. The van der Waals surface area contributed by atoms with E-state index in [1.165, 1.54) is 122 Å². The number of hydrogen-bond donors (Lipinski definition) is 6. The largest absolute Gasteiger partial charge is 0.388 e. The van der Waals surface area contributed by atoms with Gasteiger partial charge in [-0.2, -0.15) is 0 Å². The minimum absolute atomic E-state index is 0.0316. The highest BCUT2D eigenvalue weighted by Crippen LogP contribution is 2.28. The van der Waals surface area contributed by atoms with E-state index in [4.69, 9.17) is 30.4 Å². The highest BCUT2D eigenvalue weighted by Gasteiger charge is 2.53. The number of hydrogen-bond acceptors (Lipinski definition) is 10. The summed E-state index contributed by atoms with van der Waals surface area (Å²) in [5.74, 6) is -2.25. The van der Waals surface area contributed by atoms with Crippen molar-refractivity contribution in [2.24, 2.45) is 11.5 Å². The first-order chi connectivity index (χ1) is 23.4. The molecule has 1 fully saturated rings. The van der Waals surface area contributed by atoms with Crippen LogP contribution in [0, 0.1) is 0 Å². The summed E-state index contributed by atoms with van der Waals surface area (Å²) in [7, 11) is 1.56. The van der Waals surface area contributed by atoms with Gasteiger partial charge in [-0.1, -0.05) is 142 Å². The Bertz CT molecular complexity index is 695. The number of nitrogens with two attached hydrogens (primary N) is 2. The van der Waals surface area contributed by atoms with Gasteiger partial charge < -0.3 is 51.1 Å². The third-order valence-electron chi connectivity index (χ3n) is 9.75. The number of unbranched alkanes of at least 4 members (excludes halogenated alkanes) is 22. The van der Waals surface area contributed by atoms with Crippen molar-refractivity contribution < 1.29 is 34.3 Å². The van der Waals surface area contributed by atoms with Gasteiger partial charge in [-0.15, -0.1) is 0 Å². The van der Waals surface area contributed by atoms with Gasteiger partial charge in [-0.25, -0.2) is 0 Å². The summed E-state index contributed by atoms with van der Waals surface area (Å²) in [6, 6.07) is -1.33. The second-order valence-electron chi connectivity index (χ2n) is 14.2. The van der Waals surface area contributed by atoms with Crippen LogP contribution < -0.4 is 16.8 Å². The Kier molecular flexibility index (Phi) is 29.8. The van der Waals surface area contributed by atoms with Gasteiger partial charge in [0.1, 0.15) is 30.5 Å². The number of aliphatic hydroxyl groups is 3. The van der Waals surface area contributed by atoms with Gasteiger partial charge >= 0.3 is 0 Å². The Morgan fingerprint density at radius 1 is 0.688 bits per heavy atom. The Morgan fingerprint density at radius 2 is 1.17 bits per heavy atom. The summed E-state index contributed by atoms with van der Waals surface area (Å²) in [5, 5.41) is 35.5. The monoisotopic (exact) mass is 690 g/mol. The normalized spacial score (nSPS) is 23.6. The van der Waals surface area contributed by atoms with Crippen molar-refractivity contribution in [3.63, 3.8) is 0 Å². The van der Waals surface area contributed by atoms with Crippen LogP contribution in [0.1, 0.15) is 161 Å². The van der Waals surface area contributed by atoms with E-state index in [1.54, 1.807) is 7.11 Å². The van der Waals surface area contributed by atoms with Crippen LogP contribution in [-0.2, 0) is 18.9 Å². The molecule has 8 N–H and O–H groups in total. The lowest BCUT2D eigenvalue weighted by molar-refractivity contribution is -0.422. The third kappa shape index (κ3) is 22.4. The fourth-order valence-electron chi connectivity index (χ4n) is 6.37. The first-order valence-electron chi connectivity index (χ1n) is 20.1. The Labute approximate surface area is 294 Å². The zero-order valence-electron chi connectivity index (χ0n) is 31.2. The zero-order valence-corrected chi connectivity index (χ0v) is 31.2. The van der Waals surface area contributed by atoms with E-state index in [1.807, 2.05) is 0 Å². The smallest absolute Gasteiger partial charge is 0.299 e. The molecule has 0 radical (unpaired) electrons. The lowest BCUT2D eigenvalue weighted by Crippen LogP contribution is -2.70. The van der Waals surface area contributed by atoms with Crippen LogP contribution in [0.15, 0.2) is 0 Å². The van der Waals surface area contributed by atoms with Gasteiger partial charge in [-0.3, -0.25) is 0 Å². The molecule has 288 valence electrons. The average molecular weight is 690 g/mol. The molecule has 1 heterocycles. The molecule has 1 saturated heterocycles. The van der Waals surface area contributed by atoms with Crippen LogP contribution in [0.3, 0.4) is 0 Å². The molecule has 0 amide bonds. The van der Waals surface area contributed by atoms with Gasteiger partial charge in [0.25, 0.3) is 5.97 Å². The third-order valence-corrected chi connectivity index (χ3v) is 9.75. The number of aliphatic hydroxyl groups excluding tert-OH is 2. The molecule has 48 heavy (non-hydrogen) atoms. The van der Waals surface area contributed by atoms with Crippen molar-refractivity contribution in [2.75, 3.05) is 46.6 Å². The summed E-state index contributed by atoms with van der Waals surface area (Å²) < 4.78 is 22.7. The molecule has 0 saturated carbocycles. The van der Waals surface area contributed by atoms with E-state index >= 15 is 0 Å². The first kappa shape index (κ1) is 45.6. The predicted octanol–water partition coefficient (Wildman–Crippen LogP) is 6.06. The van der Waals surface area contributed by atoms with Crippen molar-refractivity contribution in [1.29, 1.82) is 0 Å². The van der Waals surface area contributed by atoms with E-state index in [0.717, 1.165) is 45.2 Å². The molecule has 10 heteroatoms. The number of rotatable bonds is 35. The maximum atomic E-state index is 11.1. The minimum atomic E-state index is -2.25. The maximum Gasteiger partial charge on any atom is 0.299 e. The zero-order chi connectivity index (χ0) is 35.1. The van der Waals surface area contributed by atoms with E-state index in [0.29, 0.717) is 13.2 Å². The quantitative estimate of drug-likeness (QED) is 0.0341. The standard InChI is InChI=1S/C38H79N3O7/c1-3-4-5-6-7-8-9-10-11-14-17-20-23-26-29-46-31-33(45-2)32-47-38(44)37(40)36(43)35(42)34(48-38)30-41-28-25-22-19-16-13-12-15-18-21-24-27-39/h33-37,41-44H,3-32,39-40H2,1-2H3/t33-,34-,35-,36+,37-,38?/m1/s1. The van der Waals surface area contributed by atoms with E-state index in [9.17, 15) is 15.3 Å². The van der Waals surface area contributed by atoms with Crippen molar-refractivity contribution in [3.05, 3.63) is 0 Å². The van der Waals surface area contributed by atoms with Gasteiger partial charge in [-0.05, 0) is 32.4 Å². The lowest BCUT2D eigenvalue weighted by atomic mass is 9.95. The highest BCUT2D eigenvalue weighted by atomic mass is 16.8. The summed E-state index contributed by atoms with van der Waals surface area (Å²) in [6.45, 7) is 5.01.